The Balaban J connectivity index is 1.20. The van der Waals surface area contributed by atoms with Gasteiger partial charge in [-0.05, 0) is 59.5 Å². The van der Waals surface area contributed by atoms with Crippen molar-refractivity contribution in [1.29, 1.82) is 0 Å². The molecule has 0 aliphatic heterocycles. The number of para-hydroxylation sites is 2. The van der Waals surface area contributed by atoms with Crippen LogP contribution in [-0.2, 0) is 16.0 Å². The Labute approximate surface area is 266 Å². The number of carbonyl (C=O) groups is 3. The molecule has 0 aliphatic carbocycles. The zero-order valence-electron chi connectivity index (χ0n) is 24.4. The molecule has 0 spiro atoms. The van der Waals surface area contributed by atoms with Crippen molar-refractivity contribution in [2.45, 2.75) is 12.5 Å². The highest BCUT2D eigenvalue weighted by molar-refractivity contribution is 7.10. The van der Waals surface area contributed by atoms with E-state index in [1.807, 2.05) is 72.1 Å². The molecule has 0 bridgehead atoms. The second-order valence-electron chi connectivity index (χ2n) is 10.1. The van der Waals surface area contributed by atoms with Crippen molar-refractivity contribution in [3.63, 3.8) is 0 Å². The summed E-state index contributed by atoms with van der Waals surface area (Å²) in [5.74, 6) is -0.758. The molecule has 0 radical (unpaired) electrons. The average Bonchev–Trinajstić information content (AvgIpc) is 3.61. The van der Waals surface area contributed by atoms with E-state index >= 15 is 0 Å². The van der Waals surface area contributed by atoms with Crippen LogP contribution in [-0.4, -0.2) is 42.0 Å². The van der Waals surface area contributed by atoms with Gasteiger partial charge in [0.05, 0.1) is 6.54 Å². The van der Waals surface area contributed by atoms with Crippen molar-refractivity contribution in [2.75, 3.05) is 23.4 Å². The van der Waals surface area contributed by atoms with Crippen LogP contribution < -0.4 is 15.0 Å². The standard InChI is InChI=1S/C37H32N2O5S/c40-35(22-21-31-14-9-25-45-31)39(29-12-5-2-6-13-29)23-24-44-30-19-17-27(18-20-30)26-34(37(42)43)38-33-16-8-7-15-32(33)36(41)28-10-3-1-4-11-28/h1-22,25,34,38H,23-24,26H2,(H,42,43)/b22-21+/t34-/m0/s1. The molecule has 7 nitrogen and oxygen atoms in total. The summed E-state index contributed by atoms with van der Waals surface area (Å²) in [6.45, 7) is 0.601. The number of ether oxygens (including phenoxy) is 1. The van der Waals surface area contributed by atoms with Crippen LogP contribution in [0.25, 0.3) is 6.08 Å². The van der Waals surface area contributed by atoms with Gasteiger partial charge in [-0.3, -0.25) is 9.59 Å². The normalized spacial score (nSPS) is 11.6. The molecule has 0 aliphatic rings. The molecule has 5 rings (SSSR count). The smallest absolute Gasteiger partial charge is 0.326 e. The number of hydrogen-bond donors (Lipinski definition) is 2. The minimum absolute atomic E-state index is 0.146. The van der Waals surface area contributed by atoms with E-state index < -0.39 is 12.0 Å². The Kier molecular flexibility index (Phi) is 10.5. The van der Waals surface area contributed by atoms with Gasteiger partial charge >= 0.3 is 5.97 Å². The van der Waals surface area contributed by atoms with Gasteiger partial charge in [-0.1, -0.05) is 78.9 Å². The van der Waals surface area contributed by atoms with Crippen molar-refractivity contribution >= 4 is 46.4 Å². The highest BCUT2D eigenvalue weighted by Gasteiger charge is 2.21. The Morgan fingerprint density at radius 2 is 1.51 bits per heavy atom. The van der Waals surface area contributed by atoms with Crippen molar-refractivity contribution in [1.82, 2.24) is 0 Å². The number of carboxylic acid groups (broad SMARTS) is 1. The van der Waals surface area contributed by atoms with E-state index in [0.29, 0.717) is 29.1 Å². The molecule has 5 aromatic rings. The number of rotatable bonds is 14. The van der Waals surface area contributed by atoms with Gasteiger partial charge in [0.1, 0.15) is 18.4 Å². The third kappa shape index (κ3) is 8.55. The van der Waals surface area contributed by atoms with E-state index in [4.69, 9.17) is 4.74 Å². The summed E-state index contributed by atoms with van der Waals surface area (Å²) in [6, 6.07) is 35.4. The van der Waals surface area contributed by atoms with E-state index in [2.05, 4.69) is 5.32 Å². The summed E-state index contributed by atoms with van der Waals surface area (Å²) in [4.78, 5) is 41.1. The van der Waals surface area contributed by atoms with Crippen molar-refractivity contribution in [3.05, 3.63) is 154 Å². The van der Waals surface area contributed by atoms with Crippen LogP contribution in [0, 0.1) is 0 Å². The molecular weight excluding hydrogens is 584 g/mol. The van der Waals surface area contributed by atoms with Crippen LogP contribution in [0.3, 0.4) is 0 Å². The highest BCUT2D eigenvalue weighted by Crippen LogP contribution is 2.22. The molecule has 1 heterocycles. The number of nitrogens with one attached hydrogen (secondary N) is 1. The predicted octanol–water partition coefficient (Wildman–Crippen LogP) is 7.21. The first-order valence-corrected chi connectivity index (χ1v) is 15.3. The lowest BCUT2D eigenvalue weighted by Gasteiger charge is -2.21. The van der Waals surface area contributed by atoms with Crippen LogP contribution in [0.15, 0.2) is 133 Å². The number of anilines is 2. The first-order chi connectivity index (χ1) is 22.0. The number of ketones is 1. The van der Waals surface area contributed by atoms with E-state index in [9.17, 15) is 19.5 Å². The number of carbonyl (C=O) groups excluding carboxylic acids is 2. The molecule has 4 aromatic carbocycles. The molecular formula is C37H32N2O5S. The van der Waals surface area contributed by atoms with E-state index in [-0.39, 0.29) is 24.7 Å². The third-order valence-corrected chi connectivity index (χ3v) is 7.89. The summed E-state index contributed by atoms with van der Waals surface area (Å²) in [6.07, 6.45) is 3.56. The number of benzene rings is 4. The molecule has 45 heavy (non-hydrogen) atoms. The third-order valence-electron chi connectivity index (χ3n) is 7.05. The summed E-state index contributed by atoms with van der Waals surface area (Å²) in [7, 11) is 0. The Hall–Kier alpha value is -5.47. The van der Waals surface area contributed by atoms with Crippen molar-refractivity contribution in [2.24, 2.45) is 0 Å². The maximum Gasteiger partial charge on any atom is 0.326 e. The first kappa shape index (κ1) is 31.0. The van der Waals surface area contributed by atoms with Crippen molar-refractivity contribution < 1.29 is 24.2 Å². The average molecular weight is 617 g/mol. The first-order valence-electron chi connectivity index (χ1n) is 14.5. The fraction of sp³-hybridized carbons (Fsp3) is 0.108. The summed E-state index contributed by atoms with van der Waals surface area (Å²) in [5, 5.41) is 15.0. The fourth-order valence-electron chi connectivity index (χ4n) is 4.76. The van der Waals surface area contributed by atoms with Crippen LogP contribution >= 0.6 is 11.3 Å². The second-order valence-corrected chi connectivity index (χ2v) is 11.1. The lowest BCUT2D eigenvalue weighted by atomic mass is 10.00. The highest BCUT2D eigenvalue weighted by atomic mass is 32.1. The van der Waals surface area contributed by atoms with Crippen LogP contribution in [0.2, 0.25) is 0 Å². The lowest BCUT2D eigenvalue weighted by Crippen LogP contribution is -2.33. The summed E-state index contributed by atoms with van der Waals surface area (Å²) in [5.41, 5.74) is 2.95. The fourth-order valence-corrected chi connectivity index (χ4v) is 5.37. The van der Waals surface area contributed by atoms with Gasteiger partial charge < -0.3 is 20.1 Å². The summed E-state index contributed by atoms with van der Waals surface area (Å²) >= 11 is 1.56. The Morgan fingerprint density at radius 1 is 0.822 bits per heavy atom. The predicted molar refractivity (Wildman–Crippen MR) is 179 cm³/mol. The van der Waals surface area contributed by atoms with Gasteiger partial charge in [0.15, 0.2) is 5.78 Å². The van der Waals surface area contributed by atoms with Gasteiger partial charge in [-0.2, -0.15) is 0 Å². The molecule has 1 aromatic heterocycles. The van der Waals surface area contributed by atoms with Crippen LogP contribution in [0.1, 0.15) is 26.4 Å². The largest absolute Gasteiger partial charge is 0.492 e. The van der Waals surface area contributed by atoms with Gasteiger partial charge in [0.25, 0.3) is 5.91 Å². The molecule has 0 unspecified atom stereocenters. The number of aliphatic carboxylic acids is 1. The van der Waals surface area contributed by atoms with Gasteiger partial charge in [0.2, 0.25) is 0 Å². The number of hydrogen-bond acceptors (Lipinski definition) is 6. The number of carboxylic acids is 1. The van der Waals surface area contributed by atoms with Gasteiger partial charge in [-0.15, -0.1) is 11.3 Å². The number of amides is 1. The van der Waals surface area contributed by atoms with Gasteiger partial charge in [-0.25, -0.2) is 4.79 Å². The molecule has 0 fully saturated rings. The van der Waals surface area contributed by atoms with E-state index in [1.54, 1.807) is 83.0 Å². The van der Waals surface area contributed by atoms with Crippen molar-refractivity contribution in [3.8, 4) is 5.75 Å². The Morgan fingerprint density at radius 3 is 2.20 bits per heavy atom. The maximum atomic E-state index is 13.1. The zero-order chi connectivity index (χ0) is 31.4. The van der Waals surface area contributed by atoms with Crippen LogP contribution in [0.5, 0.6) is 5.75 Å². The topological polar surface area (TPSA) is 95.9 Å². The lowest BCUT2D eigenvalue weighted by molar-refractivity contribution is -0.137. The van der Waals surface area contributed by atoms with Crippen LogP contribution in [0.4, 0.5) is 11.4 Å². The minimum Gasteiger partial charge on any atom is -0.492 e. The summed E-state index contributed by atoms with van der Waals surface area (Å²) < 4.78 is 5.96. The second kappa shape index (κ2) is 15.3. The van der Waals surface area contributed by atoms with Gasteiger partial charge in [0, 0.05) is 39.9 Å². The molecule has 8 heteroatoms. The zero-order valence-corrected chi connectivity index (χ0v) is 25.2. The van der Waals surface area contributed by atoms with E-state index in [1.165, 1.54) is 0 Å². The minimum atomic E-state index is -1.03. The maximum absolute atomic E-state index is 13.1. The monoisotopic (exact) mass is 616 g/mol. The SMILES string of the molecule is O=C(c1ccccc1)c1ccccc1N[C@@H](Cc1ccc(OCCN(C(=O)/C=C/c2cccs2)c2ccccc2)cc1)C(=O)O. The molecule has 1 atom stereocenters. The molecule has 2 N–H and O–H groups in total. The molecule has 226 valence electrons. The van der Waals surface area contributed by atoms with E-state index in [0.717, 1.165) is 16.1 Å². The quantitative estimate of drug-likeness (QED) is 0.101. The molecule has 1 amide bonds. The molecule has 0 saturated carbocycles. The number of thiophene rings is 1. The Bertz CT molecular complexity index is 1740. The molecule has 0 saturated heterocycles. The number of nitrogens with zero attached hydrogens (tertiary/aromatic N) is 1.